The molecular formula is C17H28N2O. The van der Waals surface area contributed by atoms with Gasteiger partial charge in [-0.2, -0.15) is 0 Å². The average molecular weight is 276 g/mol. The van der Waals surface area contributed by atoms with Crippen molar-refractivity contribution in [3.63, 3.8) is 0 Å². The van der Waals surface area contributed by atoms with Gasteiger partial charge in [0.2, 0.25) is 0 Å². The summed E-state index contributed by atoms with van der Waals surface area (Å²) in [4.78, 5) is 2.56. The molecule has 0 saturated carbocycles. The molecule has 1 N–H and O–H groups in total. The molecule has 1 fully saturated rings. The minimum atomic E-state index is 0.474. The van der Waals surface area contributed by atoms with Crippen molar-refractivity contribution < 1.29 is 4.74 Å². The van der Waals surface area contributed by atoms with Crippen molar-refractivity contribution in [2.75, 3.05) is 32.8 Å². The van der Waals surface area contributed by atoms with Crippen molar-refractivity contribution in [1.82, 2.24) is 10.2 Å². The summed E-state index contributed by atoms with van der Waals surface area (Å²) in [6.07, 6.45) is 2.37. The topological polar surface area (TPSA) is 24.5 Å². The molecule has 0 spiro atoms. The number of hydrogen-bond acceptors (Lipinski definition) is 3. The van der Waals surface area contributed by atoms with Gasteiger partial charge in [-0.1, -0.05) is 43.7 Å². The van der Waals surface area contributed by atoms with Crippen molar-refractivity contribution in [3.05, 3.63) is 35.9 Å². The predicted molar refractivity (Wildman–Crippen MR) is 83.9 cm³/mol. The molecule has 2 atom stereocenters. The fourth-order valence-corrected chi connectivity index (χ4v) is 2.77. The molecular weight excluding hydrogens is 248 g/mol. The van der Waals surface area contributed by atoms with Gasteiger partial charge in [0, 0.05) is 38.3 Å². The van der Waals surface area contributed by atoms with Crippen LogP contribution >= 0.6 is 0 Å². The maximum absolute atomic E-state index is 5.73. The quantitative estimate of drug-likeness (QED) is 0.775. The van der Waals surface area contributed by atoms with Gasteiger partial charge >= 0.3 is 0 Å². The number of piperazine rings is 1. The van der Waals surface area contributed by atoms with Crippen LogP contribution in [0.1, 0.15) is 38.3 Å². The minimum Gasteiger partial charge on any atom is -0.380 e. The number of hydrogen-bond donors (Lipinski definition) is 1. The van der Waals surface area contributed by atoms with E-state index in [-0.39, 0.29) is 0 Å². The van der Waals surface area contributed by atoms with Crippen molar-refractivity contribution in [3.8, 4) is 0 Å². The van der Waals surface area contributed by atoms with E-state index < -0.39 is 0 Å². The molecule has 0 radical (unpaired) electrons. The lowest BCUT2D eigenvalue weighted by molar-refractivity contribution is 0.0660. The summed E-state index contributed by atoms with van der Waals surface area (Å²) < 4.78 is 5.73. The summed E-state index contributed by atoms with van der Waals surface area (Å²) in [7, 11) is 0. The Morgan fingerprint density at radius 2 is 2.05 bits per heavy atom. The number of nitrogens with zero attached hydrogens (tertiary/aromatic N) is 1. The zero-order valence-electron chi connectivity index (χ0n) is 12.8. The van der Waals surface area contributed by atoms with E-state index in [1.807, 2.05) is 0 Å². The molecule has 1 saturated heterocycles. The van der Waals surface area contributed by atoms with Gasteiger partial charge in [-0.15, -0.1) is 0 Å². The molecule has 3 nitrogen and oxygen atoms in total. The molecule has 2 rings (SSSR count). The maximum atomic E-state index is 5.73. The van der Waals surface area contributed by atoms with Crippen molar-refractivity contribution in [2.24, 2.45) is 0 Å². The molecule has 0 bridgehead atoms. The number of unbranched alkanes of at least 4 members (excludes halogenated alkanes) is 1. The van der Waals surface area contributed by atoms with Crippen LogP contribution in [0.15, 0.2) is 30.3 Å². The Hall–Kier alpha value is -0.900. The van der Waals surface area contributed by atoms with E-state index in [9.17, 15) is 0 Å². The maximum Gasteiger partial charge on any atom is 0.0593 e. The Labute approximate surface area is 123 Å². The predicted octanol–water partition coefficient (Wildman–Crippen LogP) is 2.84. The Morgan fingerprint density at radius 3 is 2.80 bits per heavy atom. The Bertz CT molecular complexity index is 369. The zero-order chi connectivity index (χ0) is 14.2. The summed E-state index contributed by atoms with van der Waals surface area (Å²) in [5, 5.41) is 3.59. The fraction of sp³-hybridized carbons (Fsp3) is 0.647. The van der Waals surface area contributed by atoms with Gasteiger partial charge in [0.15, 0.2) is 0 Å². The first kappa shape index (κ1) is 15.5. The summed E-state index contributed by atoms with van der Waals surface area (Å²) in [6.45, 7) is 9.34. The molecule has 112 valence electrons. The largest absolute Gasteiger partial charge is 0.380 e. The van der Waals surface area contributed by atoms with Crippen LogP contribution in [0.3, 0.4) is 0 Å². The van der Waals surface area contributed by atoms with E-state index in [0.29, 0.717) is 12.1 Å². The molecule has 0 aliphatic carbocycles. The van der Waals surface area contributed by atoms with E-state index in [0.717, 1.165) is 32.8 Å². The first-order valence-corrected chi connectivity index (χ1v) is 7.91. The van der Waals surface area contributed by atoms with Gasteiger partial charge in [0.1, 0.15) is 0 Å². The zero-order valence-corrected chi connectivity index (χ0v) is 12.8. The molecule has 1 heterocycles. The first-order chi connectivity index (χ1) is 9.81. The average Bonchev–Trinajstić information content (AvgIpc) is 2.48. The first-order valence-electron chi connectivity index (χ1n) is 7.91. The third-order valence-corrected chi connectivity index (χ3v) is 3.96. The monoisotopic (exact) mass is 276 g/mol. The highest BCUT2D eigenvalue weighted by Crippen LogP contribution is 2.23. The fourth-order valence-electron chi connectivity index (χ4n) is 2.77. The van der Waals surface area contributed by atoms with Gasteiger partial charge in [0.05, 0.1) is 6.61 Å². The van der Waals surface area contributed by atoms with E-state index in [4.69, 9.17) is 4.74 Å². The molecule has 1 aliphatic rings. The van der Waals surface area contributed by atoms with Gasteiger partial charge in [-0.05, 0) is 18.9 Å². The number of ether oxygens (including phenoxy) is 1. The van der Waals surface area contributed by atoms with Gasteiger partial charge in [-0.3, -0.25) is 4.90 Å². The van der Waals surface area contributed by atoms with Crippen LogP contribution in [-0.4, -0.2) is 43.8 Å². The van der Waals surface area contributed by atoms with E-state index in [1.165, 1.54) is 18.4 Å². The molecule has 0 aromatic heterocycles. The highest BCUT2D eigenvalue weighted by Gasteiger charge is 2.26. The number of benzene rings is 1. The number of nitrogens with one attached hydrogen (secondary N) is 1. The number of rotatable bonds is 7. The SMILES string of the molecule is CCCCOCCN1CC(C)NCC1c1ccccc1. The van der Waals surface area contributed by atoms with Crippen LogP contribution < -0.4 is 5.32 Å². The lowest BCUT2D eigenvalue weighted by Crippen LogP contribution is -2.51. The summed E-state index contributed by atoms with van der Waals surface area (Å²) in [6, 6.07) is 11.8. The summed E-state index contributed by atoms with van der Waals surface area (Å²) in [5.74, 6) is 0. The molecule has 3 heteroatoms. The third-order valence-electron chi connectivity index (χ3n) is 3.96. The normalized spacial score (nSPS) is 23.9. The van der Waals surface area contributed by atoms with Crippen LogP contribution in [0.4, 0.5) is 0 Å². The second kappa shape index (κ2) is 8.40. The lowest BCUT2D eigenvalue weighted by Gasteiger charge is -2.39. The van der Waals surface area contributed by atoms with E-state index in [2.05, 4.69) is 54.4 Å². The molecule has 1 aromatic carbocycles. The molecule has 20 heavy (non-hydrogen) atoms. The van der Waals surface area contributed by atoms with Gasteiger partial charge in [0.25, 0.3) is 0 Å². The Morgan fingerprint density at radius 1 is 1.25 bits per heavy atom. The molecule has 2 unspecified atom stereocenters. The van der Waals surface area contributed by atoms with Gasteiger partial charge in [-0.25, -0.2) is 0 Å². The molecule has 0 amide bonds. The standard InChI is InChI=1S/C17H28N2O/c1-3-4-11-20-12-10-19-14-15(2)18-13-17(19)16-8-6-5-7-9-16/h5-9,15,17-18H,3-4,10-14H2,1-2H3. The highest BCUT2D eigenvalue weighted by atomic mass is 16.5. The van der Waals surface area contributed by atoms with E-state index in [1.54, 1.807) is 0 Å². The molecule has 1 aromatic rings. The van der Waals surface area contributed by atoms with E-state index >= 15 is 0 Å². The highest BCUT2D eigenvalue weighted by molar-refractivity contribution is 5.20. The van der Waals surface area contributed by atoms with Crippen LogP contribution in [0.5, 0.6) is 0 Å². The Kier molecular flexibility index (Phi) is 6.51. The van der Waals surface area contributed by atoms with Crippen LogP contribution in [0.25, 0.3) is 0 Å². The third kappa shape index (κ3) is 4.58. The second-order valence-corrected chi connectivity index (χ2v) is 5.70. The van der Waals surface area contributed by atoms with Crippen molar-refractivity contribution in [2.45, 2.75) is 38.8 Å². The molecule has 1 aliphatic heterocycles. The minimum absolute atomic E-state index is 0.474. The second-order valence-electron chi connectivity index (χ2n) is 5.70. The summed E-state index contributed by atoms with van der Waals surface area (Å²) >= 11 is 0. The van der Waals surface area contributed by atoms with Crippen LogP contribution in [-0.2, 0) is 4.74 Å². The summed E-state index contributed by atoms with van der Waals surface area (Å²) in [5.41, 5.74) is 1.40. The van der Waals surface area contributed by atoms with Crippen molar-refractivity contribution >= 4 is 0 Å². The lowest BCUT2D eigenvalue weighted by atomic mass is 10.0. The van der Waals surface area contributed by atoms with Crippen LogP contribution in [0.2, 0.25) is 0 Å². The van der Waals surface area contributed by atoms with Gasteiger partial charge < -0.3 is 10.1 Å². The van der Waals surface area contributed by atoms with Crippen LogP contribution in [0, 0.1) is 0 Å². The Balaban J connectivity index is 1.88. The van der Waals surface area contributed by atoms with Crippen molar-refractivity contribution in [1.29, 1.82) is 0 Å². The smallest absolute Gasteiger partial charge is 0.0593 e.